The average Bonchev–Trinajstić information content (AvgIpc) is 2.55. The number of hydrogen-bond donors (Lipinski definition) is 1. The van der Waals surface area contributed by atoms with E-state index in [1.807, 2.05) is 0 Å². The van der Waals surface area contributed by atoms with Gasteiger partial charge in [-0.3, -0.25) is 4.90 Å². The first-order chi connectivity index (χ1) is 9.95. The van der Waals surface area contributed by atoms with Gasteiger partial charge < -0.3 is 5.32 Å². The molecule has 4 heteroatoms. The van der Waals surface area contributed by atoms with E-state index in [1.54, 1.807) is 6.07 Å². The quantitative estimate of drug-likeness (QED) is 0.914. The summed E-state index contributed by atoms with van der Waals surface area (Å²) in [6, 6.07) is 4.72. The second-order valence-electron chi connectivity index (χ2n) is 6.58. The van der Waals surface area contributed by atoms with Crippen molar-refractivity contribution in [1.82, 2.24) is 10.2 Å². The third-order valence-corrected chi connectivity index (χ3v) is 4.22. The molecule has 1 aliphatic heterocycles. The number of nitrogens with zero attached hydrogens (tertiary/aromatic N) is 1. The summed E-state index contributed by atoms with van der Waals surface area (Å²) < 4.78 is 26.9. The Kier molecular flexibility index (Phi) is 5.71. The van der Waals surface area contributed by atoms with Gasteiger partial charge in [0.25, 0.3) is 0 Å². The van der Waals surface area contributed by atoms with Crippen LogP contribution >= 0.6 is 0 Å². The lowest BCUT2D eigenvalue weighted by Gasteiger charge is -2.29. The molecule has 1 aromatic carbocycles. The fourth-order valence-corrected chi connectivity index (χ4v) is 3.02. The maximum absolute atomic E-state index is 13.9. The minimum absolute atomic E-state index is 0.402. The van der Waals surface area contributed by atoms with Crippen molar-refractivity contribution in [2.24, 2.45) is 5.92 Å². The van der Waals surface area contributed by atoms with Crippen LogP contribution in [0.2, 0.25) is 0 Å². The van der Waals surface area contributed by atoms with Crippen molar-refractivity contribution >= 4 is 0 Å². The van der Waals surface area contributed by atoms with Crippen LogP contribution in [0.1, 0.15) is 39.2 Å². The maximum Gasteiger partial charge on any atom is 0.130 e. The molecule has 2 nitrogen and oxygen atoms in total. The highest BCUT2D eigenvalue weighted by Gasteiger charge is 2.24. The zero-order valence-corrected chi connectivity index (χ0v) is 13.2. The second kappa shape index (κ2) is 7.32. The number of benzene rings is 1. The Hall–Kier alpha value is -1.00. The predicted molar refractivity (Wildman–Crippen MR) is 82.1 cm³/mol. The van der Waals surface area contributed by atoms with E-state index in [9.17, 15) is 8.78 Å². The molecule has 1 aliphatic rings. The highest BCUT2D eigenvalue weighted by Crippen LogP contribution is 2.19. The van der Waals surface area contributed by atoms with Crippen molar-refractivity contribution < 1.29 is 8.78 Å². The molecule has 0 aromatic heterocycles. The van der Waals surface area contributed by atoms with Crippen molar-refractivity contribution in [3.63, 3.8) is 0 Å². The van der Waals surface area contributed by atoms with Gasteiger partial charge in [-0.25, -0.2) is 8.78 Å². The molecule has 0 bridgehead atoms. The van der Waals surface area contributed by atoms with Crippen LogP contribution < -0.4 is 5.32 Å². The summed E-state index contributed by atoms with van der Waals surface area (Å²) in [5, 5.41) is 3.59. The summed E-state index contributed by atoms with van der Waals surface area (Å²) in [5.74, 6) is -0.320. The first kappa shape index (κ1) is 16.4. The van der Waals surface area contributed by atoms with E-state index in [0.717, 1.165) is 32.0 Å². The lowest BCUT2D eigenvalue weighted by atomic mass is 10.0. The standard InChI is InChI=1S/C17H26F2N2/c1-12(2)8-16-11-21(13(3)6-7-20-16)10-14-4-5-15(18)9-17(14)19/h4-5,9,12-13,16,20H,6-8,10-11H2,1-3H3. The van der Waals surface area contributed by atoms with Crippen LogP contribution in [0.4, 0.5) is 8.78 Å². The van der Waals surface area contributed by atoms with Crippen LogP contribution in [0.3, 0.4) is 0 Å². The normalized spacial score (nSPS) is 24.3. The number of halogens is 2. The van der Waals surface area contributed by atoms with E-state index in [2.05, 4.69) is 31.0 Å². The zero-order valence-electron chi connectivity index (χ0n) is 13.2. The predicted octanol–water partition coefficient (Wildman–Crippen LogP) is 3.56. The molecular weight excluding hydrogens is 270 g/mol. The molecule has 0 spiro atoms. The van der Waals surface area contributed by atoms with Crippen LogP contribution in [-0.4, -0.2) is 30.1 Å². The third kappa shape index (κ3) is 4.75. The zero-order chi connectivity index (χ0) is 15.4. The Labute approximate surface area is 126 Å². The summed E-state index contributed by atoms with van der Waals surface area (Å²) in [7, 11) is 0. The Morgan fingerprint density at radius 3 is 2.76 bits per heavy atom. The third-order valence-electron chi connectivity index (χ3n) is 4.22. The van der Waals surface area contributed by atoms with Gasteiger partial charge in [-0.15, -0.1) is 0 Å². The molecule has 2 rings (SSSR count). The van der Waals surface area contributed by atoms with Gasteiger partial charge in [0.2, 0.25) is 0 Å². The van der Waals surface area contributed by atoms with E-state index in [4.69, 9.17) is 0 Å². The lowest BCUT2D eigenvalue weighted by molar-refractivity contribution is 0.187. The minimum atomic E-state index is -0.514. The van der Waals surface area contributed by atoms with E-state index in [-0.39, 0.29) is 0 Å². The largest absolute Gasteiger partial charge is 0.313 e. The molecular formula is C17H26F2N2. The van der Waals surface area contributed by atoms with Crippen molar-refractivity contribution in [2.75, 3.05) is 13.1 Å². The molecule has 0 aliphatic carbocycles. The Morgan fingerprint density at radius 2 is 2.10 bits per heavy atom. The number of rotatable bonds is 4. The van der Waals surface area contributed by atoms with Crippen molar-refractivity contribution in [3.8, 4) is 0 Å². The van der Waals surface area contributed by atoms with Gasteiger partial charge >= 0.3 is 0 Å². The number of hydrogen-bond acceptors (Lipinski definition) is 2. The first-order valence-electron chi connectivity index (χ1n) is 7.87. The summed E-state index contributed by atoms with van der Waals surface area (Å²) in [4.78, 5) is 2.31. The topological polar surface area (TPSA) is 15.3 Å². The van der Waals surface area contributed by atoms with Gasteiger partial charge in [-0.2, -0.15) is 0 Å². The van der Waals surface area contributed by atoms with Crippen LogP contribution in [0.15, 0.2) is 18.2 Å². The molecule has 21 heavy (non-hydrogen) atoms. The molecule has 1 saturated heterocycles. The molecule has 2 unspecified atom stereocenters. The molecule has 1 aromatic rings. The maximum atomic E-state index is 13.9. The van der Waals surface area contributed by atoms with Gasteiger partial charge in [0.1, 0.15) is 11.6 Å². The van der Waals surface area contributed by atoms with Gasteiger partial charge in [-0.1, -0.05) is 19.9 Å². The van der Waals surface area contributed by atoms with E-state index >= 15 is 0 Å². The fraction of sp³-hybridized carbons (Fsp3) is 0.647. The van der Waals surface area contributed by atoms with Gasteiger partial charge in [0.05, 0.1) is 0 Å². The van der Waals surface area contributed by atoms with Gasteiger partial charge in [-0.05, 0) is 38.3 Å². The van der Waals surface area contributed by atoms with Gasteiger partial charge in [0, 0.05) is 36.8 Å². The molecule has 1 heterocycles. The van der Waals surface area contributed by atoms with Crippen LogP contribution in [0, 0.1) is 17.6 Å². The van der Waals surface area contributed by atoms with E-state index in [0.29, 0.717) is 30.1 Å². The van der Waals surface area contributed by atoms with Crippen molar-refractivity contribution in [3.05, 3.63) is 35.4 Å². The molecule has 1 N–H and O–H groups in total. The molecule has 118 valence electrons. The highest BCUT2D eigenvalue weighted by atomic mass is 19.1. The van der Waals surface area contributed by atoms with Crippen LogP contribution in [-0.2, 0) is 6.54 Å². The van der Waals surface area contributed by atoms with Gasteiger partial charge in [0.15, 0.2) is 0 Å². The number of nitrogens with one attached hydrogen (secondary N) is 1. The minimum Gasteiger partial charge on any atom is -0.313 e. The van der Waals surface area contributed by atoms with Crippen molar-refractivity contribution in [1.29, 1.82) is 0 Å². The van der Waals surface area contributed by atoms with Crippen molar-refractivity contribution in [2.45, 2.75) is 52.2 Å². The Morgan fingerprint density at radius 1 is 1.33 bits per heavy atom. The lowest BCUT2D eigenvalue weighted by Crippen LogP contribution is -2.40. The van der Waals surface area contributed by atoms with E-state index < -0.39 is 11.6 Å². The molecule has 0 radical (unpaired) electrons. The van der Waals surface area contributed by atoms with E-state index in [1.165, 1.54) is 6.07 Å². The molecule has 2 atom stereocenters. The van der Waals surface area contributed by atoms with Crippen LogP contribution in [0.5, 0.6) is 0 Å². The molecule has 0 saturated carbocycles. The highest BCUT2D eigenvalue weighted by molar-refractivity contribution is 5.18. The SMILES string of the molecule is CC(C)CC1CN(Cc2ccc(F)cc2F)C(C)CCN1. The molecule has 1 fully saturated rings. The fourth-order valence-electron chi connectivity index (χ4n) is 3.02. The second-order valence-corrected chi connectivity index (χ2v) is 6.58. The first-order valence-corrected chi connectivity index (χ1v) is 7.87. The van der Waals surface area contributed by atoms with Crippen LogP contribution in [0.25, 0.3) is 0 Å². The summed E-state index contributed by atoms with van der Waals surface area (Å²) in [6.45, 7) is 9.08. The summed E-state index contributed by atoms with van der Waals surface area (Å²) >= 11 is 0. The Bertz CT molecular complexity index is 462. The smallest absolute Gasteiger partial charge is 0.130 e. The summed E-state index contributed by atoms with van der Waals surface area (Å²) in [5.41, 5.74) is 0.577. The average molecular weight is 296 g/mol. The monoisotopic (exact) mass is 296 g/mol. The Balaban J connectivity index is 2.07. The summed E-state index contributed by atoms with van der Waals surface area (Å²) in [6.07, 6.45) is 2.17. The molecule has 0 amide bonds.